The van der Waals surface area contributed by atoms with Gasteiger partial charge in [-0.15, -0.1) is 5.10 Å². The second-order valence-corrected chi connectivity index (χ2v) is 9.92. The predicted octanol–water partition coefficient (Wildman–Crippen LogP) is 3.63. The van der Waals surface area contributed by atoms with Gasteiger partial charge in [0.25, 0.3) is 0 Å². The lowest BCUT2D eigenvalue weighted by Gasteiger charge is -2.15. The molecule has 0 aliphatic carbocycles. The Kier molecular flexibility index (Phi) is 7.26. The van der Waals surface area contributed by atoms with E-state index < -0.39 is 10.0 Å². The molecule has 1 amide bonds. The molecule has 9 nitrogen and oxygen atoms in total. The third kappa shape index (κ3) is 5.27. The third-order valence-electron chi connectivity index (χ3n) is 5.66. The fourth-order valence-corrected chi connectivity index (χ4v) is 5.12. The highest BCUT2D eigenvalue weighted by atomic mass is 32.2. The number of fused-ring (bicyclic) bond motifs is 1. The number of anilines is 2. The van der Waals surface area contributed by atoms with E-state index in [0.717, 1.165) is 27.9 Å². The molecule has 1 aromatic carbocycles. The number of carbonyl (C=O) groups excluding carboxylic acids is 1. The minimum atomic E-state index is -3.42. The van der Waals surface area contributed by atoms with Crippen molar-refractivity contribution in [1.82, 2.24) is 14.8 Å². The Bertz CT molecular complexity index is 1300. The highest BCUT2D eigenvalue weighted by Crippen LogP contribution is 2.31. The number of aryl methyl sites for hydroxylation is 3. The van der Waals surface area contributed by atoms with Crippen LogP contribution in [0, 0.1) is 20.8 Å². The zero-order chi connectivity index (χ0) is 24.3. The van der Waals surface area contributed by atoms with Gasteiger partial charge in [0.15, 0.2) is 5.65 Å². The highest BCUT2D eigenvalue weighted by Gasteiger charge is 2.19. The van der Waals surface area contributed by atoms with E-state index in [-0.39, 0.29) is 18.1 Å². The second-order valence-electron chi connectivity index (χ2n) is 8.08. The van der Waals surface area contributed by atoms with E-state index in [1.54, 1.807) is 36.9 Å². The molecule has 2 N–H and O–H groups in total. The Balaban J connectivity index is 1.76. The van der Waals surface area contributed by atoms with Gasteiger partial charge in [-0.25, -0.2) is 18.1 Å². The average molecular weight is 474 g/mol. The number of rotatable bonds is 9. The van der Waals surface area contributed by atoms with Gasteiger partial charge < -0.3 is 10.1 Å². The minimum Gasteiger partial charge on any atom is -0.479 e. The summed E-state index contributed by atoms with van der Waals surface area (Å²) in [6.07, 6.45) is 1.28. The van der Waals surface area contributed by atoms with E-state index in [1.807, 2.05) is 27.8 Å². The molecule has 178 valence electrons. The maximum atomic E-state index is 12.7. The van der Waals surface area contributed by atoms with Gasteiger partial charge in [-0.2, -0.15) is 0 Å². The number of nitrogens with one attached hydrogen (secondary N) is 2. The first-order chi connectivity index (χ1) is 15.6. The average Bonchev–Trinajstić information content (AvgIpc) is 3.06. The van der Waals surface area contributed by atoms with Gasteiger partial charge in [0.05, 0.1) is 23.9 Å². The normalized spacial score (nSPS) is 11.6. The molecule has 0 atom stereocenters. The van der Waals surface area contributed by atoms with Gasteiger partial charge in [0, 0.05) is 24.8 Å². The number of sulfonamides is 1. The molecule has 0 aliphatic rings. The van der Waals surface area contributed by atoms with Crippen molar-refractivity contribution >= 4 is 38.3 Å². The summed E-state index contributed by atoms with van der Waals surface area (Å²) in [6, 6.07) is 5.16. The Morgan fingerprint density at radius 3 is 2.52 bits per heavy atom. The van der Waals surface area contributed by atoms with E-state index in [4.69, 9.17) is 4.74 Å². The molecule has 0 fully saturated rings. The number of amides is 1. The lowest BCUT2D eigenvalue weighted by Crippen LogP contribution is -2.18. The second kappa shape index (κ2) is 9.78. The molecule has 0 saturated carbocycles. The minimum absolute atomic E-state index is 0.0435. The summed E-state index contributed by atoms with van der Waals surface area (Å²) in [5.41, 5.74) is 5.29. The van der Waals surface area contributed by atoms with Crippen molar-refractivity contribution in [1.29, 1.82) is 0 Å². The van der Waals surface area contributed by atoms with Crippen LogP contribution in [-0.4, -0.2) is 42.0 Å². The number of methoxy groups -OCH3 is 1. The van der Waals surface area contributed by atoms with Crippen molar-refractivity contribution in [2.24, 2.45) is 7.05 Å². The van der Waals surface area contributed by atoms with E-state index in [1.165, 1.54) is 0 Å². The molecule has 0 aliphatic heterocycles. The molecule has 2 heterocycles. The molecular weight excluding hydrogens is 442 g/mol. The number of nitrogens with zero attached hydrogens (tertiary/aromatic N) is 3. The summed E-state index contributed by atoms with van der Waals surface area (Å²) in [5.74, 6) is 0.395. The molecule has 3 rings (SSSR count). The molecule has 0 saturated heterocycles. The highest BCUT2D eigenvalue weighted by molar-refractivity contribution is 7.92. The topological polar surface area (TPSA) is 115 Å². The number of ether oxygens (including phenoxy) is 1. The fourth-order valence-electron chi connectivity index (χ4n) is 3.93. The lowest BCUT2D eigenvalue weighted by molar-refractivity contribution is -0.116. The van der Waals surface area contributed by atoms with Crippen LogP contribution in [0.15, 0.2) is 18.2 Å². The SMILES string of the molecule is CCCS(=O)(=O)Nc1cccc(NC(=O)CCc2c(C)nc3c(c(OC)nn3C)c2C)c1C. The summed E-state index contributed by atoms with van der Waals surface area (Å²) in [6.45, 7) is 7.50. The maximum absolute atomic E-state index is 12.7. The molecule has 10 heteroatoms. The Labute approximate surface area is 194 Å². The van der Waals surface area contributed by atoms with Gasteiger partial charge in [0.1, 0.15) is 0 Å². The monoisotopic (exact) mass is 473 g/mol. The van der Waals surface area contributed by atoms with Crippen LogP contribution in [0.3, 0.4) is 0 Å². The summed E-state index contributed by atoms with van der Waals surface area (Å²) in [7, 11) is -0.0185. The zero-order valence-corrected chi connectivity index (χ0v) is 20.8. The zero-order valence-electron chi connectivity index (χ0n) is 19.9. The van der Waals surface area contributed by atoms with Crippen LogP contribution in [0.2, 0.25) is 0 Å². The van der Waals surface area contributed by atoms with Crippen LogP contribution in [0.4, 0.5) is 11.4 Å². The van der Waals surface area contributed by atoms with Crippen molar-refractivity contribution in [2.75, 3.05) is 22.9 Å². The van der Waals surface area contributed by atoms with Gasteiger partial charge in [0.2, 0.25) is 21.8 Å². The number of aromatic nitrogens is 3. The summed E-state index contributed by atoms with van der Waals surface area (Å²) in [5, 5.41) is 8.12. The lowest BCUT2D eigenvalue weighted by atomic mass is 10.00. The standard InChI is InChI=1S/C23H31N5O4S/c1-7-13-33(30,31)27-19-10-8-9-18(15(19)3)25-20(29)12-11-17-14(2)21-22(24-16(17)4)28(5)26-23(21)32-6/h8-10,27H,7,11-13H2,1-6H3,(H,25,29). The van der Waals surface area contributed by atoms with E-state index in [9.17, 15) is 13.2 Å². The Hall–Kier alpha value is -3.14. The van der Waals surface area contributed by atoms with Crippen LogP contribution in [-0.2, 0) is 28.3 Å². The Morgan fingerprint density at radius 2 is 1.85 bits per heavy atom. The molecular formula is C23H31N5O4S. The first-order valence-electron chi connectivity index (χ1n) is 10.8. The molecule has 0 radical (unpaired) electrons. The number of pyridine rings is 1. The van der Waals surface area contributed by atoms with Crippen LogP contribution in [0.25, 0.3) is 11.0 Å². The molecule has 0 bridgehead atoms. The third-order valence-corrected chi connectivity index (χ3v) is 7.14. The van der Waals surface area contributed by atoms with Crippen LogP contribution >= 0.6 is 0 Å². The van der Waals surface area contributed by atoms with Crippen molar-refractivity contribution in [2.45, 2.75) is 47.0 Å². The van der Waals surface area contributed by atoms with Crippen molar-refractivity contribution < 1.29 is 17.9 Å². The van der Waals surface area contributed by atoms with Gasteiger partial charge >= 0.3 is 0 Å². The Morgan fingerprint density at radius 1 is 1.15 bits per heavy atom. The molecule has 3 aromatic rings. The summed E-state index contributed by atoms with van der Waals surface area (Å²) < 4.78 is 33.9. The van der Waals surface area contributed by atoms with E-state index >= 15 is 0 Å². The smallest absolute Gasteiger partial charge is 0.242 e. The molecule has 0 spiro atoms. The number of hydrogen-bond acceptors (Lipinski definition) is 6. The first kappa shape index (κ1) is 24.5. The number of hydrogen-bond donors (Lipinski definition) is 2. The van der Waals surface area contributed by atoms with Crippen LogP contribution in [0.1, 0.15) is 42.1 Å². The van der Waals surface area contributed by atoms with Gasteiger partial charge in [-0.3, -0.25) is 9.52 Å². The van der Waals surface area contributed by atoms with Gasteiger partial charge in [-0.05, 0) is 62.4 Å². The number of benzene rings is 1. The largest absolute Gasteiger partial charge is 0.479 e. The predicted molar refractivity (Wildman–Crippen MR) is 130 cm³/mol. The number of carbonyl (C=O) groups is 1. The maximum Gasteiger partial charge on any atom is 0.242 e. The first-order valence-corrected chi connectivity index (χ1v) is 12.5. The molecule has 33 heavy (non-hydrogen) atoms. The fraction of sp³-hybridized carbons (Fsp3) is 0.435. The van der Waals surface area contributed by atoms with Crippen molar-refractivity contribution in [3.63, 3.8) is 0 Å². The van der Waals surface area contributed by atoms with Crippen LogP contribution in [0.5, 0.6) is 5.88 Å². The van der Waals surface area contributed by atoms with Crippen molar-refractivity contribution in [3.05, 3.63) is 40.6 Å². The molecule has 0 unspecified atom stereocenters. The van der Waals surface area contributed by atoms with Gasteiger partial charge in [-0.1, -0.05) is 13.0 Å². The summed E-state index contributed by atoms with van der Waals surface area (Å²) >= 11 is 0. The quantitative estimate of drug-likeness (QED) is 0.490. The van der Waals surface area contributed by atoms with Crippen molar-refractivity contribution in [3.8, 4) is 5.88 Å². The van der Waals surface area contributed by atoms with Crippen LogP contribution < -0.4 is 14.8 Å². The molecule has 2 aromatic heterocycles. The summed E-state index contributed by atoms with van der Waals surface area (Å²) in [4.78, 5) is 17.4. The van der Waals surface area contributed by atoms with E-state index in [0.29, 0.717) is 35.7 Å². The van der Waals surface area contributed by atoms with E-state index in [2.05, 4.69) is 20.1 Å².